The fraction of sp³-hybridized carbons (Fsp3) is 0.417. The van der Waals surface area contributed by atoms with Crippen LogP contribution < -0.4 is 0 Å². The standard InChI is InChI=1S/C12H13BrO2/c1-7-4-9(13)6-11-8(5-12(14)15)2-3-10(7)11/h4,6,8H,2-3,5H2,1H3,(H,14,15). The van der Waals surface area contributed by atoms with E-state index < -0.39 is 5.97 Å². The van der Waals surface area contributed by atoms with Gasteiger partial charge in [0.25, 0.3) is 0 Å². The minimum Gasteiger partial charge on any atom is -0.481 e. The molecule has 0 saturated heterocycles. The molecule has 1 aromatic rings. The van der Waals surface area contributed by atoms with E-state index in [4.69, 9.17) is 5.11 Å². The smallest absolute Gasteiger partial charge is 0.303 e. The van der Waals surface area contributed by atoms with Gasteiger partial charge in [0.15, 0.2) is 0 Å². The van der Waals surface area contributed by atoms with Crippen LogP contribution >= 0.6 is 15.9 Å². The molecule has 80 valence electrons. The number of carboxylic acid groups (broad SMARTS) is 1. The van der Waals surface area contributed by atoms with Crippen molar-refractivity contribution in [1.82, 2.24) is 0 Å². The Morgan fingerprint density at radius 2 is 2.33 bits per heavy atom. The van der Waals surface area contributed by atoms with Crippen LogP contribution in [0.3, 0.4) is 0 Å². The second-order valence-corrected chi connectivity index (χ2v) is 5.04. The first-order valence-electron chi connectivity index (χ1n) is 5.08. The Morgan fingerprint density at radius 1 is 1.60 bits per heavy atom. The van der Waals surface area contributed by atoms with Gasteiger partial charge >= 0.3 is 5.97 Å². The van der Waals surface area contributed by atoms with E-state index >= 15 is 0 Å². The summed E-state index contributed by atoms with van der Waals surface area (Å²) < 4.78 is 1.05. The first kappa shape index (κ1) is 10.7. The maximum Gasteiger partial charge on any atom is 0.303 e. The van der Waals surface area contributed by atoms with Gasteiger partial charge in [-0.05, 0) is 54.5 Å². The van der Waals surface area contributed by atoms with E-state index in [1.165, 1.54) is 16.7 Å². The van der Waals surface area contributed by atoms with Crippen molar-refractivity contribution >= 4 is 21.9 Å². The Hall–Kier alpha value is -0.830. The average Bonchev–Trinajstić information content (AvgIpc) is 2.48. The van der Waals surface area contributed by atoms with Crippen LogP contribution in [0.4, 0.5) is 0 Å². The van der Waals surface area contributed by atoms with Crippen LogP contribution in [0.15, 0.2) is 16.6 Å². The van der Waals surface area contributed by atoms with Crippen molar-refractivity contribution in [2.24, 2.45) is 0 Å². The molecule has 0 fully saturated rings. The van der Waals surface area contributed by atoms with Crippen molar-refractivity contribution < 1.29 is 9.90 Å². The highest BCUT2D eigenvalue weighted by Crippen LogP contribution is 2.38. The summed E-state index contributed by atoms with van der Waals surface area (Å²) in [7, 11) is 0. The average molecular weight is 269 g/mol. The number of carboxylic acids is 1. The molecule has 3 heteroatoms. The van der Waals surface area contributed by atoms with E-state index in [1.54, 1.807) is 0 Å². The Bertz CT molecular complexity index is 412. The number of rotatable bonds is 2. The largest absolute Gasteiger partial charge is 0.481 e. The molecule has 1 unspecified atom stereocenters. The first-order chi connectivity index (χ1) is 7.08. The fourth-order valence-electron chi connectivity index (χ4n) is 2.40. The highest BCUT2D eigenvalue weighted by molar-refractivity contribution is 9.10. The molecular formula is C12H13BrO2. The monoisotopic (exact) mass is 268 g/mol. The van der Waals surface area contributed by atoms with Crippen LogP contribution in [0.1, 0.15) is 35.4 Å². The Labute approximate surface area is 97.4 Å². The lowest BCUT2D eigenvalue weighted by Gasteiger charge is -2.10. The van der Waals surface area contributed by atoms with Crippen LogP contribution in [0.5, 0.6) is 0 Å². The van der Waals surface area contributed by atoms with Gasteiger partial charge in [0.05, 0.1) is 6.42 Å². The van der Waals surface area contributed by atoms with Gasteiger partial charge < -0.3 is 5.11 Å². The lowest BCUT2D eigenvalue weighted by Crippen LogP contribution is -2.03. The molecule has 2 rings (SSSR count). The Balaban J connectivity index is 2.37. The van der Waals surface area contributed by atoms with Gasteiger partial charge in [0.1, 0.15) is 0 Å². The summed E-state index contributed by atoms with van der Waals surface area (Å²) in [5.41, 5.74) is 3.85. The maximum absolute atomic E-state index is 10.7. The van der Waals surface area contributed by atoms with Gasteiger partial charge in [-0.3, -0.25) is 4.79 Å². The number of halogens is 1. The van der Waals surface area contributed by atoms with Gasteiger partial charge in [-0.2, -0.15) is 0 Å². The maximum atomic E-state index is 10.7. The predicted octanol–water partition coefficient (Wildman–Crippen LogP) is 3.26. The quantitative estimate of drug-likeness (QED) is 0.894. The van der Waals surface area contributed by atoms with Crippen LogP contribution in [-0.2, 0) is 11.2 Å². The first-order valence-corrected chi connectivity index (χ1v) is 5.88. The SMILES string of the molecule is Cc1cc(Br)cc2c1CCC2CC(=O)O. The molecule has 0 radical (unpaired) electrons. The zero-order valence-electron chi connectivity index (χ0n) is 8.59. The van der Waals surface area contributed by atoms with Gasteiger partial charge in [-0.15, -0.1) is 0 Å². The Kier molecular flexibility index (Phi) is 2.83. The number of fused-ring (bicyclic) bond motifs is 1. The van der Waals surface area contributed by atoms with Crippen molar-refractivity contribution in [2.45, 2.75) is 32.1 Å². The van der Waals surface area contributed by atoms with Crippen molar-refractivity contribution in [2.75, 3.05) is 0 Å². The normalized spacial score (nSPS) is 18.9. The molecule has 1 N–H and O–H groups in total. The summed E-state index contributed by atoms with van der Waals surface area (Å²) >= 11 is 3.46. The molecule has 1 aliphatic carbocycles. The van der Waals surface area contributed by atoms with Crippen LogP contribution in [0, 0.1) is 6.92 Å². The van der Waals surface area contributed by atoms with Gasteiger partial charge in [-0.25, -0.2) is 0 Å². The molecule has 0 spiro atoms. The molecule has 0 aliphatic heterocycles. The summed E-state index contributed by atoms with van der Waals surface area (Å²) in [6, 6.07) is 4.17. The van der Waals surface area contributed by atoms with E-state index in [0.717, 1.165) is 17.3 Å². The van der Waals surface area contributed by atoms with Crippen LogP contribution in [0.25, 0.3) is 0 Å². The predicted molar refractivity (Wildman–Crippen MR) is 62.2 cm³/mol. The lowest BCUT2D eigenvalue weighted by molar-refractivity contribution is -0.137. The second kappa shape index (κ2) is 3.97. The molecule has 1 atom stereocenters. The van der Waals surface area contributed by atoms with E-state index in [9.17, 15) is 4.79 Å². The third-order valence-electron chi connectivity index (χ3n) is 3.08. The molecule has 2 nitrogen and oxygen atoms in total. The summed E-state index contributed by atoms with van der Waals surface area (Å²) in [4.78, 5) is 10.7. The number of aliphatic carboxylic acids is 1. The zero-order chi connectivity index (χ0) is 11.0. The zero-order valence-corrected chi connectivity index (χ0v) is 10.2. The van der Waals surface area contributed by atoms with Gasteiger partial charge in [0, 0.05) is 4.47 Å². The number of benzene rings is 1. The molecule has 15 heavy (non-hydrogen) atoms. The van der Waals surface area contributed by atoms with Crippen molar-refractivity contribution in [3.05, 3.63) is 33.3 Å². The number of aryl methyl sites for hydroxylation is 1. The number of hydrogen-bond donors (Lipinski definition) is 1. The topological polar surface area (TPSA) is 37.3 Å². The third kappa shape index (κ3) is 2.07. The van der Waals surface area contributed by atoms with Gasteiger partial charge in [0.2, 0.25) is 0 Å². The summed E-state index contributed by atoms with van der Waals surface area (Å²) in [5, 5.41) is 8.83. The van der Waals surface area contributed by atoms with Gasteiger partial charge in [-0.1, -0.05) is 15.9 Å². The third-order valence-corrected chi connectivity index (χ3v) is 3.53. The van der Waals surface area contributed by atoms with Crippen molar-refractivity contribution in [3.8, 4) is 0 Å². The summed E-state index contributed by atoms with van der Waals surface area (Å²) in [6.45, 7) is 2.09. The van der Waals surface area contributed by atoms with E-state index in [1.807, 2.05) is 0 Å². The summed E-state index contributed by atoms with van der Waals surface area (Å²) in [6.07, 6.45) is 2.24. The lowest BCUT2D eigenvalue weighted by atomic mass is 9.96. The fourth-order valence-corrected chi connectivity index (χ4v) is 2.99. The van der Waals surface area contributed by atoms with Crippen LogP contribution in [-0.4, -0.2) is 11.1 Å². The molecule has 1 aromatic carbocycles. The number of carbonyl (C=O) groups is 1. The van der Waals surface area contributed by atoms with Crippen molar-refractivity contribution in [3.63, 3.8) is 0 Å². The highest BCUT2D eigenvalue weighted by atomic mass is 79.9. The highest BCUT2D eigenvalue weighted by Gasteiger charge is 2.25. The molecule has 0 aromatic heterocycles. The molecule has 0 heterocycles. The van der Waals surface area contributed by atoms with E-state index in [2.05, 4.69) is 35.0 Å². The molecule has 0 saturated carbocycles. The Morgan fingerprint density at radius 3 is 3.00 bits per heavy atom. The minimum absolute atomic E-state index is 0.202. The summed E-state index contributed by atoms with van der Waals surface area (Å²) in [5.74, 6) is -0.501. The number of hydrogen-bond acceptors (Lipinski definition) is 1. The molecule has 0 amide bonds. The molecule has 1 aliphatic rings. The molecular weight excluding hydrogens is 256 g/mol. The second-order valence-electron chi connectivity index (χ2n) is 4.12. The van der Waals surface area contributed by atoms with E-state index in [-0.39, 0.29) is 12.3 Å². The molecule has 0 bridgehead atoms. The van der Waals surface area contributed by atoms with Crippen LogP contribution in [0.2, 0.25) is 0 Å². The van der Waals surface area contributed by atoms with Crippen molar-refractivity contribution in [1.29, 1.82) is 0 Å². The minimum atomic E-state index is -0.703. The van der Waals surface area contributed by atoms with E-state index in [0.29, 0.717) is 0 Å².